The number of nitriles is 1. The van der Waals surface area contributed by atoms with Crippen molar-refractivity contribution in [3.63, 3.8) is 0 Å². The van der Waals surface area contributed by atoms with Crippen molar-refractivity contribution in [3.05, 3.63) is 58.7 Å². The van der Waals surface area contributed by atoms with E-state index in [4.69, 9.17) is 21.4 Å². The molecule has 0 spiro atoms. The zero-order valence-corrected chi connectivity index (χ0v) is 16.8. The first-order valence-electron chi connectivity index (χ1n) is 8.39. The first-order valence-corrected chi connectivity index (χ1v) is 10.4. The van der Waals surface area contributed by atoms with Crippen LogP contribution in [0.5, 0.6) is 0 Å². The van der Waals surface area contributed by atoms with Crippen molar-refractivity contribution in [2.24, 2.45) is 0 Å². The first kappa shape index (κ1) is 21.0. The number of hydrogen-bond donors (Lipinski definition) is 2. The maximum Gasteiger partial charge on any atom is 0.268 e. The molecule has 0 fully saturated rings. The molecule has 6 nitrogen and oxygen atoms in total. The molecular weight excluding hydrogens is 423 g/mol. The van der Waals surface area contributed by atoms with Crippen LogP contribution in [0.2, 0.25) is 5.02 Å². The highest BCUT2D eigenvalue weighted by molar-refractivity contribution is 7.75. The van der Waals surface area contributed by atoms with Gasteiger partial charge in [-0.05, 0) is 30.3 Å². The monoisotopic (exact) mass is 437 g/mol. The second kappa shape index (κ2) is 8.34. The molecule has 1 aromatic heterocycles. The van der Waals surface area contributed by atoms with Crippen LogP contribution < -0.4 is 15.9 Å². The molecule has 0 aliphatic heterocycles. The van der Waals surface area contributed by atoms with Gasteiger partial charge < -0.3 is 14.8 Å². The summed E-state index contributed by atoms with van der Waals surface area (Å²) in [6.45, 7) is 0.0662. The van der Waals surface area contributed by atoms with Crippen LogP contribution in [-0.4, -0.2) is 24.5 Å². The van der Waals surface area contributed by atoms with E-state index in [1.807, 2.05) is 6.07 Å². The Morgan fingerprint density at radius 1 is 1.28 bits per heavy atom. The predicted molar refractivity (Wildman–Crippen MR) is 106 cm³/mol. The van der Waals surface area contributed by atoms with E-state index in [2.05, 4.69) is 10.3 Å². The molecule has 0 saturated carbocycles. The van der Waals surface area contributed by atoms with E-state index < -0.39 is 24.9 Å². The van der Waals surface area contributed by atoms with Gasteiger partial charge in [0.1, 0.15) is 17.3 Å². The molecule has 1 amide bonds. The van der Waals surface area contributed by atoms with Crippen molar-refractivity contribution in [1.29, 1.82) is 5.26 Å². The minimum Gasteiger partial charge on any atom is -0.350 e. The van der Waals surface area contributed by atoms with Crippen molar-refractivity contribution < 1.29 is 22.7 Å². The summed E-state index contributed by atoms with van der Waals surface area (Å²) in [5.41, 5.74) is 0.332. The van der Waals surface area contributed by atoms with Crippen molar-refractivity contribution in [3.8, 4) is 6.07 Å². The molecule has 0 aliphatic carbocycles. The third-order valence-corrected chi connectivity index (χ3v) is 6.96. The fourth-order valence-electron chi connectivity index (χ4n) is 2.98. The number of hydrogen-bond acceptors (Lipinski definition) is 4. The number of aromatic nitrogens is 1. The summed E-state index contributed by atoms with van der Waals surface area (Å²) in [7, 11) is -2.97. The molecule has 29 heavy (non-hydrogen) atoms. The summed E-state index contributed by atoms with van der Waals surface area (Å²) in [5, 5.41) is 11.5. The number of benzene rings is 2. The van der Waals surface area contributed by atoms with Gasteiger partial charge >= 0.3 is 0 Å². The Kier molecular flexibility index (Phi) is 6.04. The van der Waals surface area contributed by atoms with Crippen LogP contribution in [0.25, 0.3) is 10.9 Å². The third kappa shape index (κ3) is 4.03. The maximum absolute atomic E-state index is 13.9. The number of aromatic amines is 1. The topological polar surface area (TPSA) is 95.0 Å². The van der Waals surface area contributed by atoms with Gasteiger partial charge in [0.05, 0.1) is 17.8 Å². The summed E-state index contributed by atoms with van der Waals surface area (Å²) in [4.78, 5) is 15.6. The Morgan fingerprint density at radius 2 is 1.97 bits per heavy atom. The normalized spacial score (nSPS) is 13.1. The van der Waals surface area contributed by atoms with Crippen LogP contribution in [-0.2, 0) is 9.09 Å². The lowest BCUT2D eigenvalue weighted by Gasteiger charge is -2.18. The quantitative estimate of drug-likeness (QED) is 0.455. The third-order valence-electron chi connectivity index (χ3n) is 4.22. The Bertz CT molecular complexity index is 1170. The van der Waals surface area contributed by atoms with Crippen LogP contribution in [0.1, 0.15) is 16.9 Å². The molecule has 3 aromatic rings. The molecule has 0 aliphatic rings. The van der Waals surface area contributed by atoms with Gasteiger partial charge in [-0.1, -0.05) is 11.6 Å². The van der Waals surface area contributed by atoms with E-state index in [-0.39, 0.29) is 29.3 Å². The summed E-state index contributed by atoms with van der Waals surface area (Å²) in [5.74, 6) is -2.51. The standard InChI is InChI=1S/C19H15ClF2N3O3P/c1-28-29(27,14-9-12(21)8-13(22)10-14)18-15-7-11(20)3-4-16(15)25-17(18)19(26)24-6-2-5-23/h3-4,7-10,25H,2,6H2,1H3,(H,24,26). The highest BCUT2D eigenvalue weighted by atomic mass is 35.5. The van der Waals surface area contributed by atoms with Gasteiger partial charge in [0.25, 0.3) is 13.3 Å². The zero-order chi connectivity index (χ0) is 21.2. The molecule has 2 aromatic carbocycles. The molecule has 150 valence electrons. The minimum atomic E-state index is -4.10. The lowest BCUT2D eigenvalue weighted by Crippen LogP contribution is -2.31. The molecule has 3 rings (SSSR count). The Hall–Kier alpha value is -2.72. The average Bonchev–Trinajstić information content (AvgIpc) is 3.06. The Labute approximate surface area is 169 Å². The maximum atomic E-state index is 13.9. The fraction of sp³-hybridized carbons (Fsp3) is 0.158. The predicted octanol–water partition coefficient (Wildman–Crippen LogP) is 3.62. The molecular formula is C19H15ClF2N3O3P. The van der Waals surface area contributed by atoms with Crippen LogP contribution in [0.3, 0.4) is 0 Å². The van der Waals surface area contributed by atoms with Crippen LogP contribution in [0.15, 0.2) is 36.4 Å². The summed E-state index contributed by atoms with van der Waals surface area (Å²) in [6, 6.07) is 8.97. The molecule has 1 heterocycles. The van der Waals surface area contributed by atoms with Crippen LogP contribution >= 0.6 is 19.0 Å². The molecule has 0 radical (unpaired) electrons. The van der Waals surface area contributed by atoms with E-state index in [1.165, 1.54) is 6.07 Å². The lowest BCUT2D eigenvalue weighted by molar-refractivity contribution is 0.0951. The highest BCUT2D eigenvalue weighted by Gasteiger charge is 2.36. The number of carbonyl (C=O) groups is 1. The van der Waals surface area contributed by atoms with Gasteiger partial charge in [-0.15, -0.1) is 0 Å². The van der Waals surface area contributed by atoms with Crippen molar-refractivity contribution in [1.82, 2.24) is 10.3 Å². The number of amides is 1. The number of fused-ring (bicyclic) bond motifs is 1. The lowest BCUT2D eigenvalue weighted by atomic mass is 10.2. The molecule has 10 heteroatoms. The van der Waals surface area contributed by atoms with Gasteiger partial charge in [-0.2, -0.15) is 5.26 Å². The Balaban J connectivity index is 2.28. The average molecular weight is 438 g/mol. The fourth-order valence-corrected chi connectivity index (χ4v) is 5.34. The zero-order valence-electron chi connectivity index (χ0n) is 15.1. The summed E-state index contributed by atoms with van der Waals surface area (Å²) >= 11 is 6.07. The molecule has 1 atom stereocenters. The van der Waals surface area contributed by atoms with E-state index in [0.717, 1.165) is 19.2 Å². The largest absolute Gasteiger partial charge is 0.350 e. The smallest absolute Gasteiger partial charge is 0.268 e. The van der Waals surface area contributed by atoms with Crippen molar-refractivity contribution in [2.45, 2.75) is 6.42 Å². The number of carbonyl (C=O) groups excluding carboxylic acids is 1. The second-order valence-corrected chi connectivity index (χ2v) is 8.93. The van der Waals surface area contributed by atoms with Crippen molar-refractivity contribution in [2.75, 3.05) is 13.7 Å². The van der Waals surface area contributed by atoms with E-state index in [1.54, 1.807) is 12.1 Å². The second-order valence-electron chi connectivity index (χ2n) is 6.06. The number of H-pyrrole nitrogens is 1. The number of halogens is 3. The SMILES string of the molecule is COP(=O)(c1cc(F)cc(F)c1)c1c(C(=O)NCCC#N)[nH]c2ccc(Cl)cc12. The van der Waals surface area contributed by atoms with Crippen LogP contribution in [0.4, 0.5) is 8.78 Å². The Morgan fingerprint density at radius 3 is 2.59 bits per heavy atom. The molecule has 1 unspecified atom stereocenters. The molecule has 0 saturated heterocycles. The van der Waals surface area contributed by atoms with Gasteiger partial charge in [0.15, 0.2) is 0 Å². The number of nitrogens with zero attached hydrogens (tertiary/aromatic N) is 1. The van der Waals surface area contributed by atoms with Gasteiger partial charge in [-0.3, -0.25) is 9.36 Å². The van der Waals surface area contributed by atoms with E-state index in [0.29, 0.717) is 22.0 Å². The minimum absolute atomic E-state index is 0.0584. The van der Waals surface area contributed by atoms with Crippen molar-refractivity contribution >= 4 is 46.4 Å². The molecule has 2 N–H and O–H groups in total. The van der Waals surface area contributed by atoms with E-state index in [9.17, 15) is 18.1 Å². The summed E-state index contributed by atoms with van der Waals surface area (Å²) < 4.78 is 46.8. The summed E-state index contributed by atoms with van der Waals surface area (Å²) in [6.07, 6.45) is 0.0736. The first-order chi connectivity index (χ1) is 13.8. The number of nitrogens with one attached hydrogen (secondary N) is 2. The van der Waals surface area contributed by atoms with Gasteiger partial charge in [-0.25, -0.2) is 8.78 Å². The van der Waals surface area contributed by atoms with Gasteiger partial charge in [0.2, 0.25) is 0 Å². The highest BCUT2D eigenvalue weighted by Crippen LogP contribution is 2.47. The van der Waals surface area contributed by atoms with E-state index >= 15 is 0 Å². The number of rotatable bonds is 6. The van der Waals surface area contributed by atoms with Crippen LogP contribution in [0, 0.1) is 23.0 Å². The molecule has 0 bridgehead atoms. The van der Waals surface area contributed by atoms with Gasteiger partial charge in [0, 0.05) is 41.0 Å².